The summed E-state index contributed by atoms with van der Waals surface area (Å²) in [6.45, 7) is 14.3. The van der Waals surface area contributed by atoms with E-state index in [0.29, 0.717) is 19.7 Å². The van der Waals surface area contributed by atoms with E-state index in [1.54, 1.807) is 0 Å². The zero-order chi connectivity index (χ0) is 35.3. The van der Waals surface area contributed by atoms with Gasteiger partial charge in [0, 0.05) is 0 Å². The number of fused-ring (bicyclic) bond motifs is 3. The van der Waals surface area contributed by atoms with Gasteiger partial charge in [-0.1, -0.05) is 68.2 Å². The standard InChI is InChI=1S/C17H13.C15H8F6.C9H13.2ClH.Zr/c1-3-12-5-7-14-11-15-8-6-13(4-2)10-17(15)16(14)9-12;16-14(17,18)12-5-1-10(2-6-12)9-11-3-7-13(8-4-11)15(19,20)21;1-9(2,3)8-6-4-5-7-8;;;/h3-7,9-10H,1-2,11H2;1-8H;4-7H,1-3H3;2*1H;/q-1;;-1;;;+2/p-2. The zero-order valence-electron chi connectivity index (χ0n) is 27.6. The van der Waals surface area contributed by atoms with Gasteiger partial charge in [-0.15, -0.1) is 23.8 Å². The van der Waals surface area contributed by atoms with Crippen LogP contribution in [-0.2, 0) is 48.4 Å². The van der Waals surface area contributed by atoms with E-state index in [0.717, 1.165) is 60.5 Å². The van der Waals surface area contributed by atoms with Gasteiger partial charge in [0.15, 0.2) is 0 Å². The molecule has 0 atom stereocenters. The predicted molar refractivity (Wildman–Crippen MR) is 181 cm³/mol. The Morgan fingerprint density at radius 2 is 1.20 bits per heavy atom. The quantitative estimate of drug-likeness (QED) is 0.154. The third-order valence-electron chi connectivity index (χ3n) is 7.84. The average Bonchev–Trinajstić information content (AvgIpc) is 3.73. The summed E-state index contributed by atoms with van der Waals surface area (Å²) in [5.41, 5.74) is 8.91. The van der Waals surface area contributed by atoms with Gasteiger partial charge in [-0.3, -0.25) is 0 Å². The summed E-state index contributed by atoms with van der Waals surface area (Å²) in [5.74, 6) is 0. The molecule has 6 rings (SSSR count). The SMILES string of the molecule is C=Cc1c[c-]c2c(c1)-c1cc(C=C)ccc1C2.CC(C)(C)c1cc[cH-]c1.FC(F)(F)c1ccc([C](=[Zr+2])c2ccc(C(F)(F)F)cc2)cc1.[Cl-].[Cl-]. The molecule has 9 heteroatoms. The van der Waals surface area contributed by atoms with Gasteiger partial charge >= 0.3 is 137 Å². The van der Waals surface area contributed by atoms with Crippen molar-refractivity contribution >= 4 is 15.4 Å². The third kappa shape index (κ3) is 11.1. The van der Waals surface area contributed by atoms with Gasteiger partial charge in [0.05, 0.1) is 0 Å². The van der Waals surface area contributed by atoms with Crippen LogP contribution in [0.1, 0.15) is 70.8 Å². The van der Waals surface area contributed by atoms with E-state index < -0.39 is 23.5 Å². The van der Waals surface area contributed by atoms with E-state index in [2.05, 4.69) is 88.5 Å². The van der Waals surface area contributed by atoms with Crippen molar-refractivity contribution in [2.24, 2.45) is 0 Å². The van der Waals surface area contributed by atoms with Crippen LogP contribution in [0.3, 0.4) is 0 Å². The van der Waals surface area contributed by atoms with Crippen molar-refractivity contribution in [1.82, 2.24) is 0 Å². The Bertz CT molecular complexity index is 1760. The van der Waals surface area contributed by atoms with Crippen molar-refractivity contribution in [3.05, 3.63) is 172 Å². The number of benzene rings is 4. The van der Waals surface area contributed by atoms with Gasteiger partial charge < -0.3 is 24.8 Å². The Morgan fingerprint density at radius 3 is 1.60 bits per heavy atom. The fourth-order valence-corrected chi connectivity index (χ4v) is 5.88. The molecule has 0 aromatic heterocycles. The third-order valence-corrected chi connectivity index (χ3v) is 9.26. The van der Waals surface area contributed by atoms with Crippen LogP contribution in [0, 0.1) is 6.07 Å². The zero-order valence-corrected chi connectivity index (χ0v) is 31.6. The van der Waals surface area contributed by atoms with Gasteiger partial charge in [-0.25, -0.2) is 6.07 Å². The van der Waals surface area contributed by atoms with Gasteiger partial charge in [0.25, 0.3) is 0 Å². The molecule has 50 heavy (non-hydrogen) atoms. The van der Waals surface area contributed by atoms with Crippen molar-refractivity contribution < 1.29 is 75.4 Å². The predicted octanol–water partition coefficient (Wildman–Crippen LogP) is 5.89. The van der Waals surface area contributed by atoms with Crippen LogP contribution >= 0.6 is 0 Å². The first-order chi connectivity index (χ1) is 22.5. The summed E-state index contributed by atoms with van der Waals surface area (Å²) in [6.07, 6.45) is -4.08. The van der Waals surface area contributed by atoms with Gasteiger partial charge in [0.1, 0.15) is 0 Å². The summed E-state index contributed by atoms with van der Waals surface area (Å²) >= 11 is 0.898. The van der Waals surface area contributed by atoms with Crippen molar-refractivity contribution in [2.45, 2.75) is 45.0 Å². The van der Waals surface area contributed by atoms with Crippen molar-refractivity contribution in [3.8, 4) is 11.1 Å². The first-order valence-electron chi connectivity index (χ1n) is 15.1. The average molecular weight is 803 g/mol. The molecule has 0 unspecified atom stereocenters. The second kappa shape index (κ2) is 17.7. The first-order valence-corrected chi connectivity index (χ1v) is 16.3. The summed E-state index contributed by atoms with van der Waals surface area (Å²) in [7, 11) is 0. The minimum atomic E-state index is -4.41. The molecule has 1 aliphatic carbocycles. The topological polar surface area (TPSA) is 0 Å². The number of halogens is 8. The molecular weight excluding hydrogens is 769 g/mol. The molecule has 0 saturated heterocycles. The molecule has 5 aromatic rings. The second-order valence-electron chi connectivity index (χ2n) is 12.3. The van der Waals surface area contributed by atoms with E-state index >= 15 is 0 Å². The van der Waals surface area contributed by atoms with E-state index in [-0.39, 0.29) is 24.8 Å². The molecular formula is C41H34Cl2F6Zr-2. The van der Waals surface area contributed by atoms with Gasteiger partial charge in [0.2, 0.25) is 0 Å². The molecule has 5 aromatic carbocycles. The number of hydrogen-bond acceptors (Lipinski definition) is 0. The Hall–Kier alpha value is -3.38. The van der Waals surface area contributed by atoms with Crippen LogP contribution in [0.2, 0.25) is 0 Å². The Kier molecular flexibility index (Phi) is 15.2. The summed E-state index contributed by atoms with van der Waals surface area (Å²) in [5, 5.41) is 0. The molecule has 0 bridgehead atoms. The Morgan fingerprint density at radius 1 is 0.700 bits per heavy atom. The van der Waals surface area contributed by atoms with Crippen LogP contribution in [0.15, 0.2) is 116 Å². The molecule has 0 heterocycles. The van der Waals surface area contributed by atoms with Gasteiger partial charge in [-0.2, -0.15) is 47.5 Å². The molecule has 0 fully saturated rings. The number of rotatable bonds is 4. The van der Waals surface area contributed by atoms with Crippen molar-refractivity contribution in [3.63, 3.8) is 0 Å². The molecule has 0 aliphatic heterocycles. The minimum Gasteiger partial charge on any atom is -1.00 e. The number of hydrogen-bond donors (Lipinski definition) is 0. The normalized spacial score (nSPS) is 11.6. The van der Waals surface area contributed by atoms with E-state index in [9.17, 15) is 26.3 Å². The fourth-order valence-electron chi connectivity index (χ4n) is 5.06. The Labute approximate surface area is 317 Å². The first kappa shape index (κ1) is 42.8. The molecule has 0 nitrogen and oxygen atoms in total. The summed E-state index contributed by atoms with van der Waals surface area (Å²) in [4.78, 5) is 0. The van der Waals surface area contributed by atoms with Crippen LogP contribution in [0.4, 0.5) is 26.3 Å². The fraction of sp³-hybridized carbons (Fsp3) is 0.171. The molecule has 1 aliphatic rings. The van der Waals surface area contributed by atoms with E-state index in [1.807, 2.05) is 18.2 Å². The van der Waals surface area contributed by atoms with E-state index in [4.69, 9.17) is 0 Å². The molecule has 0 saturated carbocycles. The Balaban J connectivity index is 0.000000275. The minimum absolute atomic E-state index is 0. The van der Waals surface area contributed by atoms with Crippen LogP contribution in [0.25, 0.3) is 23.3 Å². The maximum Gasteiger partial charge on any atom is -1.00 e. The smallest absolute Gasteiger partial charge is 1.00 e. The molecule has 0 N–H and O–H groups in total. The molecule has 0 radical (unpaired) electrons. The van der Waals surface area contributed by atoms with Crippen LogP contribution in [-0.4, -0.2) is 3.21 Å². The van der Waals surface area contributed by atoms with Crippen LogP contribution in [0.5, 0.6) is 0 Å². The van der Waals surface area contributed by atoms with Crippen LogP contribution < -0.4 is 24.8 Å². The maximum atomic E-state index is 12.5. The summed E-state index contributed by atoms with van der Waals surface area (Å²) in [6, 6.07) is 31.7. The largest absolute Gasteiger partial charge is 1.00 e. The van der Waals surface area contributed by atoms with E-state index in [1.165, 1.54) is 57.6 Å². The van der Waals surface area contributed by atoms with Crippen molar-refractivity contribution in [1.29, 1.82) is 0 Å². The molecule has 0 amide bonds. The van der Waals surface area contributed by atoms with Crippen molar-refractivity contribution in [2.75, 3.05) is 0 Å². The molecule has 0 spiro atoms. The summed E-state index contributed by atoms with van der Waals surface area (Å²) < 4.78 is 75.6. The monoisotopic (exact) mass is 800 g/mol. The second-order valence-corrected chi connectivity index (χ2v) is 13.5. The van der Waals surface area contributed by atoms with Gasteiger partial charge in [-0.05, 0) is 12.0 Å². The molecule has 260 valence electrons. The number of alkyl halides is 6. The maximum absolute atomic E-state index is 12.5.